The Morgan fingerprint density at radius 3 is 2.36 bits per heavy atom. The summed E-state index contributed by atoms with van der Waals surface area (Å²) in [7, 11) is -3.88. The third-order valence-electron chi connectivity index (χ3n) is 6.04. The molecule has 2 aromatic carbocycles. The molecule has 2 N–H and O–H groups in total. The minimum atomic E-state index is -3.88. The second-order valence-corrected chi connectivity index (χ2v) is 9.86. The van der Waals surface area contributed by atoms with Crippen molar-refractivity contribution in [2.45, 2.75) is 49.8 Å². The molecule has 8 heteroatoms. The lowest BCUT2D eigenvalue weighted by molar-refractivity contribution is 0.197. The number of aromatic nitrogens is 2. The first-order valence-electron chi connectivity index (χ1n) is 11.3. The van der Waals surface area contributed by atoms with Crippen LogP contribution < -0.4 is 9.46 Å². The van der Waals surface area contributed by atoms with Gasteiger partial charge >= 0.3 is 0 Å². The molecule has 0 spiro atoms. The Morgan fingerprint density at radius 1 is 1.03 bits per heavy atom. The predicted octanol–water partition coefficient (Wildman–Crippen LogP) is 4.54. The van der Waals surface area contributed by atoms with Crippen molar-refractivity contribution >= 4 is 15.8 Å². The number of benzene rings is 2. The minimum absolute atomic E-state index is 0.0336. The van der Waals surface area contributed by atoms with Gasteiger partial charge in [-0.25, -0.2) is 18.4 Å². The molecule has 1 saturated carbocycles. The average Bonchev–Trinajstić information content (AvgIpc) is 3.38. The fraction of sp³-hybridized carbons (Fsp3) is 0.360. The molecule has 0 unspecified atom stereocenters. The maximum Gasteiger partial charge on any atom is 0.263 e. The lowest BCUT2D eigenvalue weighted by Gasteiger charge is -2.16. The van der Waals surface area contributed by atoms with Crippen molar-refractivity contribution in [1.29, 1.82) is 0 Å². The van der Waals surface area contributed by atoms with E-state index in [0.717, 1.165) is 30.4 Å². The SMILES string of the molecule is CCc1ccc(-c2c(NS(=O)(=O)c3ccc(C4CCCC4)cc3)ncnc2OCCO)cc1. The van der Waals surface area contributed by atoms with E-state index in [1.165, 1.54) is 24.7 Å². The molecule has 0 aliphatic heterocycles. The maximum absolute atomic E-state index is 13.2. The van der Waals surface area contributed by atoms with Gasteiger partial charge in [0.1, 0.15) is 12.9 Å². The van der Waals surface area contributed by atoms with Gasteiger partial charge in [-0.1, -0.05) is 56.2 Å². The largest absolute Gasteiger partial charge is 0.475 e. The zero-order chi connectivity index (χ0) is 23.3. The molecule has 1 heterocycles. The first-order chi connectivity index (χ1) is 16.0. The highest BCUT2D eigenvalue weighted by atomic mass is 32.2. The van der Waals surface area contributed by atoms with Gasteiger partial charge in [0.05, 0.1) is 17.1 Å². The highest BCUT2D eigenvalue weighted by Crippen LogP contribution is 2.36. The van der Waals surface area contributed by atoms with E-state index in [0.29, 0.717) is 11.5 Å². The third-order valence-corrected chi connectivity index (χ3v) is 7.40. The molecule has 1 aliphatic carbocycles. The number of ether oxygens (including phenoxy) is 1. The van der Waals surface area contributed by atoms with E-state index in [-0.39, 0.29) is 29.8 Å². The second-order valence-electron chi connectivity index (χ2n) is 8.18. The van der Waals surface area contributed by atoms with Gasteiger partial charge in [-0.05, 0) is 54.0 Å². The van der Waals surface area contributed by atoms with Crippen molar-refractivity contribution in [1.82, 2.24) is 9.97 Å². The summed E-state index contributed by atoms with van der Waals surface area (Å²) in [5, 5.41) is 9.18. The van der Waals surface area contributed by atoms with Crippen molar-refractivity contribution in [2.75, 3.05) is 17.9 Å². The van der Waals surface area contributed by atoms with Crippen LogP contribution in [-0.2, 0) is 16.4 Å². The molecule has 1 fully saturated rings. The number of nitrogens with zero attached hydrogens (tertiary/aromatic N) is 2. The standard InChI is InChI=1S/C25H29N3O4S/c1-2-18-7-9-21(10-8-18)23-24(26-17-27-25(23)32-16-15-29)28-33(30,31)22-13-11-20(12-14-22)19-5-3-4-6-19/h7-14,17,19,29H,2-6,15-16H2,1H3,(H,26,27,28). The van der Waals surface area contributed by atoms with E-state index < -0.39 is 10.0 Å². The number of hydrogen-bond donors (Lipinski definition) is 2. The van der Waals surface area contributed by atoms with E-state index in [2.05, 4.69) is 21.6 Å². The van der Waals surface area contributed by atoms with Crippen LogP contribution in [0.2, 0.25) is 0 Å². The van der Waals surface area contributed by atoms with Crippen LogP contribution in [0.15, 0.2) is 59.8 Å². The summed E-state index contributed by atoms with van der Waals surface area (Å²) in [5.74, 6) is 0.847. The second kappa shape index (κ2) is 10.3. The van der Waals surface area contributed by atoms with E-state index >= 15 is 0 Å². The van der Waals surface area contributed by atoms with Crippen LogP contribution in [0.4, 0.5) is 5.82 Å². The van der Waals surface area contributed by atoms with Crippen LogP contribution in [-0.4, -0.2) is 36.7 Å². The highest BCUT2D eigenvalue weighted by molar-refractivity contribution is 7.92. The van der Waals surface area contributed by atoms with E-state index in [1.807, 2.05) is 36.4 Å². The smallest absolute Gasteiger partial charge is 0.263 e. The molecule has 174 valence electrons. The molecule has 3 aromatic rings. The fourth-order valence-corrected chi connectivity index (χ4v) is 5.25. The monoisotopic (exact) mass is 467 g/mol. The molecule has 1 aliphatic rings. The molecular formula is C25H29N3O4S. The minimum Gasteiger partial charge on any atom is -0.475 e. The Morgan fingerprint density at radius 2 is 1.73 bits per heavy atom. The van der Waals surface area contributed by atoms with Crippen LogP contribution >= 0.6 is 0 Å². The molecule has 1 aromatic heterocycles. The number of sulfonamides is 1. The Balaban J connectivity index is 1.67. The molecule has 0 atom stereocenters. The fourth-order valence-electron chi connectivity index (χ4n) is 4.23. The number of aliphatic hydroxyl groups is 1. The summed E-state index contributed by atoms with van der Waals surface area (Å²) >= 11 is 0. The first-order valence-corrected chi connectivity index (χ1v) is 12.8. The van der Waals surface area contributed by atoms with E-state index in [4.69, 9.17) is 4.74 Å². The normalized spacial score (nSPS) is 14.4. The van der Waals surface area contributed by atoms with Crippen LogP contribution in [0.25, 0.3) is 11.1 Å². The summed E-state index contributed by atoms with van der Waals surface area (Å²) in [6, 6.07) is 14.8. The van der Waals surface area contributed by atoms with Gasteiger partial charge in [0, 0.05) is 0 Å². The summed E-state index contributed by atoms with van der Waals surface area (Å²) in [6.07, 6.45) is 6.89. The molecule has 7 nitrogen and oxygen atoms in total. The van der Waals surface area contributed by atoms with Crippen molar-refractivity contribution in [3.05, 3.63) is 66.0 Å². The molecule has 0 radical (unpaired) electrons. The summed E-state index contributed by atoms with van der Waals surface area (Å²) in [6.45, 7) is 1.91. The Bertz CT molecular complexity index is 1170. The lowest BCUT2D eigenvalue weighted by Crippen LogP contribution is -2.16. The van der Waals surface area contributed by atoms with Crippen LogP contribution in [0.5, 0.6) is 5.88 Å². The number of anilines is 1. The van der Waals surface area contributed by atoms with Gasteiger partial charge < -0.3 is 9.84 Å². The van der Waals surface area contributed by atoms with E-state index in [1.54, 1.807) is 12.1 Å². The number of aliphatic hydroxyl groups excluding tert-OH is 1. The number of aryl methyl sites for hydroxylation is 1. The zero-order valence-electron chi connectivity index (χ0n) is 18.7. The summed E-state index contributed by atoms with van der Waals surface area (Å²) in [4.78, 5) is 8.56. The molecule has 0 bridgehead atoms. The average molecular weight is 468 g/mol. The van der Waals surface area contributed by atoms with Gasteiger partial charge in [-0.15, -0.1) is 0 Å². The zero-order valence-corrected chi connectivity index (χ0v) is 19.5. The summed E-state index contributed by atoms with van der Waals surface area (Å²) in [5.41, 5.74) is 3.48. The maximum atomic E-state index is 13.2. The Hall–Kier alpha value is -2.97. The first kappa shape index (κ1) is 23.2. The molecular weight excluding hydrogens is 438 g/mol. The van der Waals surface area contributed by atoms with Crippen LogP contribution in [0.3, 0.4) is 0 Å². The molecule has 33 heavy (non-hydrogen) atoms. The quantitative estimate of drug-likeness (QED) is 0.479. The van der Waals surface area contributed by atoms with Gasteiger partial charge in [-0.2, -0.15) is 0 Å². The van der Waals surface area contributed by atoms with Gasteiger partial charge in [0.25, 0.3) is 10.0 Å². The van der Waals surface area contributed by atoms with Gasteiger partial charge in [-0.3, -0.25) is 4.72 Å². The highest BCUT2D eigenvalue weighted by Gasteiger charge is 2.23. The molecule has 0 saturated heterocycles. The van der Waals surface area contributed by atoms with Crippen LogP contribution in [0, 0.1) is 0 Å². The van der Waals surface area contributed by atoms with Crippen molar-refractivity contribution in [2.24, 2.45) is 0 Å². The topological polar surface area (TPSA) is 101 Å². The summed E-state index contributed by atoms with van der Waals surface area (Å²) < 4.78 is 34.6. The van der Waals surface area contributed by atoms with Crippen molar-refractivity contribution < 1.29 is 18.3 Å². The van der Waals surface area contributed by atoms with Crippen molar-refractivity contribution in [3.8, 4) is 17.0 Å². The third kappa shape index (κ3) is 5.34. The van der Waals surface area contributed by atoms with Gasteiger partial charge in [0.2, 0.25) is 5.88 Å². The Labute approximate surface area is 194 Å². The molecule has 0 amide bonds. The number of nitrogens with one attached hydrogen (secondary N) is 1. The van der Waals surface area contributed by atoms with Crippen LogP contribution in [0.1, 0.15) is 49.7 Å². The Kier molecular flexibility index (Phi) is 7.25. The molecule has 4 rings (SSSR count). The number of rotatable bonds is 9. The predicted molar refractivity (Wildman–Crippen MR) is 128 cm³/mol. The van der Waals surface area contributed by atoms with Crippen molar-refractivity contribution in [3.63, 3.8) is 0 Å². The van der Waals surface area contributed by atoms with E-state index in [9.17, 15) is 13.5 Å². The lowest BCUT2D eigenvalue weighted by atomic mass is 9.98. The number of hydrogen-bond acceptors (Lipinski definition) is 6. The van der Waals surface area contributed by atoms with Gasteiger partial charge in [0.15, 0.2) is 5.82 Å².